The van der Waals surface area contributed by atoms with Gasteiger partial charge in [0.25, 0.3) is 0 Å². The van der Waals surface area contributed by atoms with Gasteiger partial charge in [0, 0.05) is 8.07 Å². The lowest BCUT2D eigenvalue weighted by atomic mass is 9.91. The average Bonchev–Trinajstić information content (AvgIpc) is 2.64. The number of hydrogen-bond acceptors (Lipinski definition) is 6. The molecule has 1 aliphatic heterocycles. The number of hydrogen-bond donors (Lipinski definition) is 2. The Morgan fingerprint density at radius 2 is 2.15 bits per heavy atom. The first kappa shape index (κ1) is 18.9. The molecule has 2 N–H and O–H groups in total. The Kier molecular flexibility index (Phi) is 7.99. The molecule has 0 aromatic heterocycles. The maximum absolute atomic E-state index is 10.1. The third kappa shape index (κ3) is 5.91. The smallest absolute Gasteiger partial charge is 0.220 e. The molecule has 20 heavy (non-hydrogen) atoms. The molecule has 1 rings (SSSR count). The summed E-state index contributed by atoms with van der Waals surface area (Å²) in [6, 6.07) is 0.797. The number of aliphatic hydroxyl groups is 2. The molecular formula is C11H23BO4PS2Si. The maximum Gasteiger partial charge on any atom is 0.220 e. The number of thioether (sulfide) groups is 1. The maximum atomic E-state index is 10.1. The highest BCUT2D eigenvalue weighted by Crippen LogP contribution is 2.26. The van der Waals surface area contributed by atoms with Gasteiger partial charge in [-0.15, -0.1) is 0 Å². The van der Waals surface area contributed by atoms with Crippen molar-refractivity contribution in [2.75, 3.05) is 12.4 Å². The number of rotatable bonds is 6. The fraction of sp³-hybridized carbons (Fsp3) is 0.909. The van der Waals surface area contributed by atoms with Crippen LogP contribution in [0.2, 0.25) is 25.7 Å². The van der Waals surface area contributed by atoms with Crippen molar-refractivity contribution in [3.8, 4) is 0 Å². The van der Waals surface area contributed by atoms with Crippen molar-refractivity contribution >= 4 is 52.6 Å². The van der Waals surface area contributed by atoms with E-state index in [-0.39, 0.29) is 12.6 Å². The Hall–Kier alpha value is 0.832. The van der Waals surface area contributed by atoms with Crippen LogP contribution in [-0.2, 0) is 9.47 Å². The molecule has 0 spiro atoms. The Bertz CT molecular complexity index is 330. The van der Waals surface area contributed by atoms with Crippen molar-refractivity contribution in [1.29, 1.82) is 0 Å². The molecule has 9 heteroatoms. The lowest BCUT2D eigenvalue weighted by molar-refractivity contribution is -0.00768. The summed E-state index contributed by atoms with van der Waals surface area (Å²) in [6.45, 7) is 8.45. The zero-order chi connectivity index (χ0) is 15.3. The Balaban J connectivity index is 2.43. The molecule has 0 bridgehead atoms. The van der Waals surface area contributed by atoms with Gasteiger partial charge in [-0.2, -0.15) is 9.12 Å². The van der Waals surface area contributed by atoms with Crippen molar-refractivity contribution in [2.24, 2.45) is 0 Å². The van der Waals surface area contributed by atoms with Crippen LogP contribution in [0.15, 0.2) is 0 Å². The highest BCUT2D eigenvalue weighted by molar-refractivity contribution is 8.22. The van der Waals surface area contributed by atoms with Gasteiger partial charge in [-0.1, -0.05) is 31.4 Å². The summed E-state index contributed by atoms with van der Waals surface area (Å²) in [5.41, 5.74) is 0. The molecule has 2 unspecified atom stereocenters. The van der Waals surface area contributed by atoms with Crippen molar-refractivity contribution < 1.29 is 19.7 Å². The van der Waals surface area contributed by atoms with E-state index in [9.17, 15) is 5.11 Å². The molecule has 1 heterocycles. The van der Waals surface area contributed by atoms with E-state index in [1.807, 2.05) is 0 Å². The topological polar surface area (TPSA) is 58.9 Å². The summed E-state index contributed by atoms with van der Waals surface area (Å²) in [5.74, 6) is 0.941. The van der Waals surface area contributed by atoms with E-state index >= 15 is 0 Å². The van der Waals surface area contributed by atoms with E-state index in [4.69, 9.17) is 26.8 Å². The predicted molar refractivity (Wildman–Crippen MR) is 95.3 cm³/mol. The first-order valence-electron chi connectivity index (χ1n) is 6.61. The third-order valence-corrected chi connectivity index (χ3v) is 6.73. The van der Waals surface area contributed by atoms with Gasteiger partial charge in [-0.3, -0.25) is 0 Å². The molecule has 1 aliphatic rings. The van der Waals surface area contributed by atoms with Gasteiger partial charge in [0.05, 0.1) is 12.6 Å². The molecular weight excluding hydrogens is 330 g/mol. The molecule has 0 aromatic carbocycles. The largest absolute Gasteiger partial charge is 0.470 e. The van der Waals surface area contributed by atoms with Gasteiger partial charge < -0.3 is 19.7 Å². The molecule has 1 fully saturated rings. The van der Waals surface area contributed by atoms with Gasteiger partial charge in [-0.25, -0.2) is 0 Å². The van der Waals surface area contributed by atoms with Crippen LogP contribution in [0.1, 0.15) is 0 Å². The van der Waals surface area contributed by atoms with Gasteiger partial charge in [0.15, 0.2) is 7.00 Å². The van der Waals surface area contributed by atoms with E-state index < -0.39 is 26.4 Å². The monoisotopic (exact) mass is 353 g/mol. The molecule has 0 aromatic rings. The highest BCUT2D eigenvalue weighted by atomic mass is 32.2. The average molecular weight is 353 g/mol. The van der Waals surface area contributed by atoms with Crippen LogP contribution < -0.4 is 0 Å². The Morgan fingerprint density at radius 1 is 1.50 bits per heavy atom. The quantitative estimate of drug-likeness (QED) is 0.427. The Labute approximate surface area is 134 Å². The minimum absolute atomic E-state index is 0.231. The molecule has 1 saturated heterocycles. The molecule has 0 aliphatic carbocycles. The van der Waals surface area contributed by atoms with Gasteiger partial charge in [-0.05, 0) is 24.0 Å². The molecule has 0 saturated carbocycles. The summed E-state index contributed by atoms with van der Waals surface area (Å²) < 4.78 is 11.6. The minimum Gasteiger partial charge on any atom is -0.470 e. The van der Waals surface area contributed by atoms with Crippen LogP contribution in [-0.4, -0.2) is 66.3 Å². The standard InChI is InChI=1S/C11H23BO4PS2Si/c1-20(2,3)5-4-19-11(18)16-9-8(14)7(6-13)15-10(9)12-17/h7-10,13-14H,4-6,17H2,1-3H3/t7-,8+,9?,10-/m1/s1. The summed E-state index contributed by atoms with van der Waals surface area (Å²) in [5, 5.41) is 19.2. The Morgan fingerprint density at radius 3 is 2.65 bits per heavy atom. The fourth-order valence-electron chi connectivity index (χ4n) is 1.79. The van der Waals surface area contributed by atoms with Crippen molar-refractivity contribution in [3.05, 3.63) is 0 Å². The zero-order valence-corrected chi connectivity index (χ0v) is 15.9. The minimum atomic E-state index is -1.07. The van der Waals surface area contributed by atoms with Crippen LogP contribution in [0.25, 0.3) is 0 Å². The van der Waals surface area contributed by atoms with Crippen LogP contribution in [0.5, 0.6) is 0 Å². The zero-order valence-electron chi connectivity index (χ0n) is 12.1. The second-order valence-corrected chi connectivity index (χ2v) is 13.7. The van der Waals surface area contributed by atoms with Gasteiger partial charge in [0.2, 0.25) is 4.38 Å². The van der Waals surface area contributed by atoms with Crippen molar-refractivity contribution in [1.82, 2.24) is 0 Å². The molecule has 4 nitrogen and oxygen atoms in total. The number of ether oxygens (including phenoxy) is 2. The van der Waals surface area contributed by atoms with Crippen molar-refractivity contribution in [2.45, 2.75) is 50.0 Å². The summed E-state index contributed by atoms with van der Waals surface area (Å²) >= 11 is 6.72. The third-order valence-electron chi connectivity index (χ3n) is 3.05. The van der Waals surface area contributed by atoms with Crippen LogP contribution in [0, 0.1) is 0 Å². The first-order chi connectivity index (χ1) is 9.28. The van der Waals surface area contributed by atoms with E-state index in [2.05, 4.69) is 28.8 Å². The number of thiocarbonyl (C=S) groups is 1. The lowest BCUT2D eigenvalue weighted by Crippen LogP contribution is -2.38. The predicted octanol–water partition coefficient (Wildman–Crippen LogP) is 1.30. The van der Waals surface area contributed by atoms with E-state index in [1.165, 1.54) is 17.8 Å². The van der Waals surface area contributed by atoms with Crippen LogP contribution >= 0.6 is 33.1 Å². The molecule has 1 radical (unpaired) electrons. The second kappa shape index (κ2) is 8.46. The van der Waals surface area contributed by atoms with Crippen LogP contribution in [0.3, 0.4) is 0 Å². The van der Waals surface area contributed by atoms with E-state index in [1.54, 1.807) is 7.00 Å². The summed E-state index contributed by atoms with van der Waals surface area (Å²) in [4.78, 5) is 0. The molecule has 115 valence electrons. The lowest BCUT2D eigenvalue weighted by Gasteiger charge is -2.21. The first-order valence-corrected chi connectivity index (χ1v) is 12.4. The van der Waals surface area contributed by atoms with E-state index in [0.717, 1.165) is 5.75 Å². The normalized spacial score (nSPS) is 30.3. The van der Waals surface area contributed by atoms with Crippen LogP contribution in [0.4, 0.5) is 0 Å². The molecule has 5 atom stereocenters. The molecule has 0 amide bonds. The van der Waals surface area contributed by atoms with Gasteiger partial charge in [0.1, 0.15) is 18.3 Å². The highest BCUT2D eigenvalue weighted by Gasteiger charge is 2.44. The van der Waals surface area contributed by atoms with Crippen molar-refractivity contribution in [3.63, 3.8) is 0 Å². The number of aliphatic hydroxyl groups excluding tert-OH is 2. The second-order valence-electron chi connectivity index (χ2n) is 6.00. The van der Waals surface area contributed by atoms with E-state index in [0.29, 0.717) is 4.38 Å². The summed E-state index contributed by atoms with van der Waals surface area (Å²) in [7, 11) is 1.38. The fourth-order valence-corrected chi connectivity index (χ4v) is 5.67. The summed E-state index contributed by atoms with van der Waals surface area (Å²) in [6.07, 6.45) is -2.02. The SMILES string of the molecule is C[Si](C)(C)CCSC(=S)OC1[C@H]([B]P)O[C@H](CO)[C@@H]1O. The van der Waals surface area contributed by atoms with Gasteiger partial charge >= 0.3 is 0 Å².